The van der Waals surface area contributed by atoms with Crippen LogP contribution in [0.15, 0.2) is 24.5 Å². The summed E-state index contributed by atoms with van der Waals surface area (Å²) in [6.07, 6.45) is 5.97. The second-order valence-electron chi connectivity index (χ2n) is 4.06. The van der Waals surface area contributed by atoms with Crippen LogP contribution in [-0.2, 0) is 4.74 Å². The van der Waals surface area contributed by atoms with E-state index >= 15 is 0 Å². The van der Waals surface area contributed by atoms with Gasteiger partial charge in [-0.1, -0.05) is 6.07 Å². The van der Waals surface area contributed by atoms with Crippen molar-refractivity contribution in [1.29, 1.82) is 0 Å². The quantitative estimate of drug-likeness (QED) is 0.820. The zero-order chi connectivity index (χ0) is 10.5. The van der Waals surface area contributed by atoms with E-state index in [-0.39, 0.29) is 0 Å². The molecule has 0 aromatic carbocycles. The second kappa shape index (κ2) is 5.24. The van der Waals surface area contributed by atoms with Gasteiger partial charge in [-0.05, 0) is 31.4 Å². The fraction of sp³-hybridized carbons (Fsp3) is 0.583. The zero-order valence-corrected chi connectivity index (χ0v) is 9.15. The Balaban J connectivity index is 1.88. The van der Waals surface area contributed by atoms with E-state index in [4.69, 9.17) is 4.74 Å². The van der Waals surface area contributed by atoms with E-state index in [9.17, 15) is 0 Å². The highest BCUT2D eigenvalue weighted by Gasteiger charge is 2.16. The van der Waals surface area contributed by atoms with Gasteiger partial charge in [0.1, 0.15) is 0 Å². The fourth-order valence-corrected chi connectivity index (χ4v) is 1.95. The molecule has 2 rings (SSSR count). The van der Waals surface area contributed by atoms with Crippen LogP contribution in [0.1, 0.15) is 31.4 Å². The average molecular weight is 206 g/mol. The van der Waals surface area contributed by atoms with Crippen LogP contribution in [0.4, 0.5) is 0 Å². The molecule has 0 saturated carbocycles. The van der Waals surface area contributed by atoms with Gasteiger partial charge in [-0.2, -0.15) is 0 Å². The summed E-state index contributed by atoms with van der Waals surface area (Å²) in [4.78, 5) is 4.13. The molecule has 0 unspecified atom stereocenters. The van der Waals surface area contributed by atoms with Crippen LogP contribution >= 0.6 is 0 Å². The SMILES string of the molecule is C[C@@H](NC1CCOCC1)c1cccnc1. The molecule has 2 heterocycles. The number of aromatic nitrogens is 1. The Bertz CT molecular complexity index is 283. The van der Waals surface area contributed by atoms with Crippen LogP contribution in [0.3, 0.4) is 0 Å². The Morgan fingerprint density at radius 1 is 1.47 bits per heavy atom. The normalized spacial score (nSPS) is 20.1. The third-order valence-corrected chi connectivity index (χ3v) is 2.89. The number of hydrogen-bond acceptors (Lipinski definition) is 3. The van der Waals surface area contributed by atoms with E-state index in [1.165, 1.54) is 5.56 Å². The summed E-state index contributed by atoms with van der Waals surface area (Å²) >= 11 is 0. The van der Waals surface area contributed by atoms with Crippen LogP contribution < -0.4 is 5.32 Å². The predicted octanol–water partition coefficient (Wildman–Crippen LogP) is 1.91. The lowest BCUT2D eigenvalue weighted by Crippen LogP contribution is -2.36. The van der Waals surface area contributed by atoms with E-state index in [0.717, 1.165) is 26.1 Å². The molecule has 1 aliphatic heterocycles. The van der Waals surface area contributed by atoms with E-state index in [0.29, 0.717) is 12.1 Å². The van der Waals surface area contributed by atoms with Gasteiger partial charge >= 0.3 is 0 Å². The molecule has 1 fully saturated rings. The van der Waals surface area contributed by atoms with Crippen LogP contribution in [-0.4, -0.2) is 24.2 Å². The van der Waals surface area contributed by atoms with Crippen molar-refractivity contribution in [3.05, 3.63) is 30.1 Å². The molecular weight excluding hydrogens is 188 g/mol. The highest BCUT2D eigenvalue weighted by Crippen LogP contribution is 2.15. The van der Waals surface area contributed by atoms with Crippen LogP contribution in [0.2, 0.25) is 0 Å². The number of rotatable bonds is 3. The first-order chi connectivity index (χ1) is 7.36. The summed E-state index contributed by atoms with van der Waals surface area (Å²) < 4.78 is 5.33. The summed E-state index contributed by atoms with van der Waals surface area (Å²) in [7, 11) is 0. The van der Waals surface area contributed by atoms with Crippen LogP contribution in [0, 0.1) is 0 Å². The molecule has 0 spiro atoms. The van der Waals surface area contributed by atoms with Gasteiger partial charge in [0.05, 0.1) is 0 Å². The van der Waals surface area contributed by atoms with Gasteiger partial charge in [-0.15, -0.1) is 0 Å². The Hall–Kier alpha value is -0.930. The van der Waals surface area contributed by atoms with Crippen molar-refractivity contribution < 1.29 is 4.74 Å². The predicted molar refractivity (Wildman–Crippen MR) is 59.6 cm³/mol. The van der Waals surface area contributed by atoms with Crippen LogP contribution in [0.25, 0.3) is 0 Å². The summed E-state index contributed by atoms with van der Waals surface area (Å²) in [5.74, 6) is 0. The Morgan fingerprint density at radius 3 is 2.93 bits per heavy atom. The van der Waals surface area contributed by atoms with Crippen molar-refractivity contribution in [1.82, 2.24) is 10.3 Å². The first-order valence-electron chi connectivity index (χ1n) is 5.60. The topological polar surface area (TPSA) is 34.1 Å². The number of nitrogens with zero attached hydrogens (tertiary/aromatic N) is 1. The largest absolute Gasteiger partial charge is 0.381 e. The van der Waals surface area contributed by atoms with Gasteiger partial charge in [0.25, 0.3) is 0 Å². The molecule has 1 aromatic heterocycles. The smallest absolute Gasteiger partial charge is 0.0480 e. The Kier molecular flexibility index (Phi) is 3.69. The number of pyridine rings is 1. The molecule has 0 bridgehead atoms. The molecule has 1 aliphatic rings. The first-order valence-corrected chi connectivity index (χ1v) is 5.60. The Labute approximate surface area is 90.9 Å². The number of nitrogens with one attached hydrogen (secondary N) is 1. The number of hydrogen-bond donors (Lipinski definition) is 1. The molecule has 1 N–H and O–H groups in total. The maximum atomic E-state index is 5.33. The van der Waals surface area contributed by atoms with Gasteiger partial charge < -0.3 is 10.1 Å². The molecule has 0 amide bonds. The van der Waals surface area contributed by atoms with Crippen molar-refractivity contribution in [2.75, 3.05) is 13.2 Å². The van der Waals surface area contributed by atoms with Crippen LogP contribution in [0.5, 0.6) is 0 Å². The molecule has 82 valence electrons. The summed E-state index contributed by atoms with van der Waals surface area (Å²) in [6.45, 7) is 3.96. The number of ether oxygens (including phenoxy) is 1. The molecule has 15 heavy (non-hydrogen) atoms. The molecule has 1 atom stereocenters. The highest BCUT2D eigenvalue weighted by atomic mass is 16.5. The molecule has 3 nitrogen and oxygen atoms in total. The summed E-state index contributed by atoms with van der Waals surface area (Å²) in [5.41, 5.74) is 1.25. The standard InChI is InChI=1S/C12H18N2O/c1-10(11-3-2-6-13-9-11)14-12-4-7-15-8-5-12/h2-3,6,9-10,12,14H,4-5,7-8H2,1H3/t10-/m1/s1. The van der Waals surface area contributed by atoms with Crippen molar-refractivity contribution in [3.63, 3.8) is 0 Å². The molecule has 1 aromatic rings. The zero-order valence-electron chi connectivity index (χ0n) is 9.15. The lowest BCUT2D eigenvalue weighted by atomic mass is 10.1. The van der Waals surface area contributed by atoms with Gasteiger partial charge in [0.2, 0.25) is 0 Å². The minimum Gasteiger partial charge on any atom is -0.381 e. The van der Waals surface area contributed by atoms with Gasteiger partial charge in [0, 0.05) is 37.7 Å². The van der Waals surface area contributed by atoms with E-state index in [1.54, 1.807) is 0 Å². The second-order valence-corrected chi connectivity index (χ2v) is 4.06. The third kappa shape index (κ3) is 3.01. The maximum absolute atomic E-state index is 5.33. The maximum Gasteiger partial charge on any atom is 0.0480 e. The van der Waals surface area contributed by atoms with E-state index in [1.807, 2.05) is 18.5 Å². The Morgan fingerprint density at radius 2 is 2.27 bits per heavy atom. The average Bonchev–Trinajstić information content (AvgIpc) is 2.31. The molecule has 0 radical (unpaired) electrons. The van der Waals surface area contributed by atoms with E-state index < -0.39 is 0 Å². The van der Waals surface area contributed by atoms with Gasteiger partial charge in [-0.25, -0.2) is 0 Å². The van der Waals surface area contributed by atoms with Gasteiger partial charge in [0.15, 0.2) is 0 Å². The molecule has 0 aliphatic carbocycles. The highest BCUT2D eigenvalue weighted by molar-refractivity contribution is 5.12. The summed E-state index contributed by atoms with van der Waals surface area (Å²) in [6, 6.07) is 5.07. The molecular formula is C12H18N2O. The van der Waals surface area contributed by atoms with Crippen molar-refractivity contribution in [3.8, 4) is 0 Å². The molecule has 1 saturated heterocycles. The van der Waals surface area contributed by atoms with Crippen molar-refractivity contribution >= 4 is 0 Å². The van der Waals surface area contributed by atoms with Crippen molar-refractivity contribution in [2.45, 2.75) is 31.8 Å². The van der Waals surface area contributed by atoms with E-state index in [2.05, 4.69) is 23.3 Å². The minimum absolute atomic E-state index is 0.377. The fourth-order valence-electron chi connectivity index (χ4n) is 1.95. The van der Waals surface area contributed by atoms with Gasteiger partial charge in [-0.3, -0.25) is 4.98 Å². The minimum atomic E-state index is 0.377. The lowest BCUT2D eigenvalue weighted by Gasteiger charge is -2.26. The monoisotopic (exact) mass is 206 g/mol. The lowest BCUT2D eigenvalue weighted by molar-refractivity contribution is 0.0754. The van der Waals surface area contributed by atoms with Crippen molar-refractivity contribution in [2.24, 2.45) is 0 Å². The molecule has 3 heteroatoms. The third-order valence-electron chi connectivity index (χ3n) is 2.89. The first kappa shape index (κ1) is 10.6. The summed E-state index contributed by atoms with van der Waals surface area (Å²) in [5, 5.41) is 3.62.